The number of benzene rings is 1. The Morgan fingerprint density at radius 1 is 1.24 bits per heavy atom. The van der Waals surface area contributed by atoms with Gasteiger partial charge in [0.05, 0.1) is 13.2 Å². The number of carbonyl (C=O) groups is 1. The van der Waals surface area contributed by atoms with Crippen LogP contribution in [0.25, 0.3) is 0 Å². The lowest BCUT2D eigenvalue weighted by atomic mass is 10.1. The Hall–Kier alpha value is -1.39. The maximum absolute atomic E-state index is 11.2. The molecule has 4 heteroatoms. The minimum atomic E-state index is 0.0840. The zero-order chi connectivity index (χ0) is 15.2. The molecule has 116 valence electrons. The van der Waals surface area contributed by atoms with Crippen molar-refractivity contribution < 1.29 is 19.2 Å². The number of ether oxygens (including phenoxy) is 2. The van der Waals surface area contributed by atoms with Crippen molar-refractivity contribution in [3.05, 3.63) is 29.8 Å². The lowest BCUT2D eigenvalue weighted by molar-refractivity contribution is -0.915. The quantitative estimate of drug-likeness (QED) is 0.635. The molecule has 2 rings (SSSR count). The molecule has 21 heavy (non-hydrogen) atoms. The number of nitrogens with one attached hydrogen (secondary N) is 1. The number of carbonyl (C=O) groups excluding carboxylic acids is 1. The molecule has 0 spiro atoms. The summed E-state index contributed by atoms with van der Waals surface area (Å²) in [7, 11) is 0. The molecule has 1 aliphatic rings. The van der Waals surface area contributed by atoms with Gasteiger partial charge in [-0.15, -0.1) is 0 Å². The highest BCUT2D eigenvalue weighted by molar-refractivity contribution is 5.94. The van der Waals surface area contributed by atoms with Crippen LogP contribution < -0.4 is 9.64 Å². The molecular weight excluding hydrogens is 266 g/mol. The van der Waals surface area contributed by atoms with Crippen LogP contribution >= 0.6 is 0 Å². The van der Waals surface area contributed by atoms with Crippen molar-refractivity contribution >= 4 is 5.78 Å². The maximum atomic E-state index is 11.2. The van der Waals surface area contributed by atoms with E-state index in [1.54, 1.807) is 11.8 Å². The molecule has 1 aromatic carbocycles. The fraction of sp³-hybridized carbons (Fsp3) is 0.588. The monoisotopic (exact) mass is 292 g/mol. The van der Waals surface area contributed by atoms with Crippen molar-refractivity contribution in [2.24, 2.45) is 0 Å². The third-order valence-electron chi connectivity index (χ3n) is 3.82. The predicted molar refractivity (Wildman–Crippen MR) is 82.1 cm³/mol. The first kappa shape index (κ1) is 16.0. The molecule has 1 aliphatic heterocycles. The van der Waals surface area contributed by atoms with Gasteiger partial charge in [-0.3, -0.25) is 4.79 Å². The number of hydrogen-bond acceptors (Lipinski definition) is 3. The van der Waals surface area contributed by atoms with Crippen molar-refractivity contribution in [3.8, 4) is 5.75 Å². The van der Waals surface area contributed by atoms with E-state index in [-0.39, 0.29) is 5.78 Å². The van der Waals surface area contributed by atoms with E-state index in [1.807, 2.05) is 24.3 Å². The first-order valence-corrected chi connectivity index (χ1v) is 7.77. The van der Waals surface area contributed by atoms with E-state index >= 15 is 0 Å². The van der Waals surface area contributed by atoms with Crippen LogP contribution in [0.15, 0.2) is 24.3 Å². The molecule has 0 saturated carbocycles. The normalized spacial score (nSPS) is 25.6. The van der Waals surface area contributed by atoms with Gasteiger partial charge in [-0.05, 0) is 45.0 Å². The van der Waals surface area contributed by atoms with Gasteiger partial charge in [-0.1, -0.05) is 0 Å². The number of hydrogen-bond donors (Lipinski definition) is 1. The third-order valence-corrected chi connectivity index (χ3v) is 3.82. The molecule has 0 aromatic heterocycles. The summed E-state index contributed by atoms with van der Waals surface area (Å²) in [6.07, 6.45) is 1.73. The maximum Gasteiger partial charge on any atom is 0.159 e. The van der Waals surface area contributed by atoms with Crippen LogP contribution in [0.2, 0.25) is 0 Å². The van der Waals surface area contributed by atoms with Crippen molar-refractivity contribution in [2.45, 2.75) is 39.4 Å². The van der Waals surface area contributed by atoms with Gasteiger partial charge < -0.3 is 14.4 Å². The van der Waals surface area contributed by atoms with Crippen molar-refractivity contribution in [1.82, 2.24) is 0 Å². The van der Waals surface area contributed by atoms with Crippen molar-refractivity contribution in [1.29, 1.82) is 0 Å². The number of morpholine rings is 1. The van der Waals surface area contributed by atoms with Crippen molar-refractivity contribution in [3.63, 3.8) is 0 Å². The van der Waals surface area contributed by atoms with Crippen LogP contribution in [-0.4, -0.2) is 44.2 Å². The molecule has 0 radical (unpaired) electrons. The molecular formula is C17H26NO3+. The summed E-state index contributed by atoms with van der Waals surface area (Å²) in [5.74, 6) is 0.916. The third kappa shape index (κ3) is 5.14. The Balaban J connectivity index is 1.68. The summed E-state index contributed by atoms with van der Waals surface area (Å²) in [6, 6.07) is 7.35. The summed E-state index contributed by atoms with van der Waals surface area (Å²) < 4.78 is 11.5. The van der Waals surface area contributed by atoms with Gasteiger partial charge in [0, 0.05) is 12.0 Å². The van der Waals surface area contributed by atoms with Gasteiger partial charge in [0.15, 0.2) is 5.78 Å². The van der Waals surface area contributed by atoms with E-state index in [0.717, 1.165) is 37.4 Å². The van der Waals surface area contributed by atoms with E-state index in [9.17, 15) is 4.79 Å². The lowest BCUT2D eigenvalue weighted by Gasteiger charge is -2.32. The second-order valence-electron chi connectivity index (χ2n) is 5.95. The van der Waals surface area contributed by atoms with Crippen LogP contribution in [-0.2, 0) is 4.74 Å². The van der Waals surface area contributed by atoms with Crippen molar-refractivity contribution in [2.75, 3.05) is 26.2 Å². The van der Waals surface area contributed by atoms with Gasteiger partial charge in [0.25, 0.3) is 0 Å². The van der Waals surface area contributed by atoms with Gasteiger partial charge in [-0.25, -0.2) is 0 Å². The molecule has 2 atom stereocenters. The highest BCUT2D eigenvalue weighted by atomic mass is 16.5. The Labute approximate surface area is 127 Å². The first-order valence-electron chi connectivity index (χ1n) is 7.77. The first-order chi connectivity index (χ1) is 10.0. The van der Waals surface area contributed by atoms with Crippen LogP contribution in [0.1, 0.15) is 37.6 Å². The molecule has 0 amide bonds. The summed E-state index contributed by atoms with van der Waals surface area (Å²) in [5.41, 5.74) is 0.725. The smallest absolute Gasteiger partial charge is 0.159 e. The molecule has 1 aromatic rings. The minimum absolute atomic E-state index is 0.0840. The van der Waals surface area contributed by atoms with E-state index in [1.165, 1.54) is 0 Å². The number of rotatable bonds is 6. The van der Waals surface area contributed by atoms with E-state index in [4.69, 9.17) is 9.47 Å². The molecule has 4 nitrogen and oxygen atoms in total. The topological polar surface area (TPSA) is 40.0 Å². The van der Waals surface area contributed by atoms with Crippen LogP contribution in [0.5, 0.6) is 5.75 Å². The molecule has 1 heterocycles. The largest absolute Gasteiger partial charge is 0.493 e. The minimum Gasteiger partial charge on any atom is -0.493 e. The highest BCUT2D eigenvalue weighted by Crippen LogP contribution is 2.12. The Morgan fingerprint density at radius 2 is 1.86 bits per heavy atom. The zero-order valence-electron chi connectivity index (χ0n) is 13.2. The second-order valence-corrected chi connectivity index (χ2v) is 5.95. The van der Waals surface area contributed by atoms with E-state index in [2.05, 4.69) is 13.8 Å². The van der Waals surface area contributed by atoms with Gasteiger partial charge in [0.2, 0.25) is 0 Å². The van der Waals surface area contributed by atoms with Gasteiger partial charge >= 0.3 is 0 Å². The highest BCUT2D eigenvalue weighted by Gasteiger charge is 2.24. The van der Waals surface area contributed by atoms with Gasteiger partial charge in [-0.2, -0.15) is 0 Å². The molecule has 0 unspecified atom stereocenters. The Bertz CT molecular complexity index is 448. The van der Waals surface area contributed by atoms with Crippen LogP contribution in [0.4, 0.5) is 0 Å². The summed E-state index contributed by atoms with van der Waals surface area (Å²) in [5, 5.41) is 0. The number of ketones is 1. The average molecular weight is 292 g/mol. The predicted octanol–water partition coefficient (Wildman–Crippen LogP) is 1.35. The molecule has 1 N–H and O–H groups in total. The fourth-order valence-corrected chi connectivity index (χ4v) is 2.89. The number of quaternary nitrogens is 1. The summed E-state index contributed by atoms with van der Waals surface area (Å²) in [6.45, 7) is 9.85. The van der Waals surface area contributed by atoms with Crippen LogP contribution in [0.3, 0.4) is 0 Å². The van der Waals surface area contributed by atoms with E-state index in [0.29, 0.717) is 18.8 Å². The standard InChI is InChI=1S/C17H25NO3/c1-13-11-18(12-14(2)21-13)9-4-10-20-17-7-5-16(6-8-17)15(3)19/h5-8,13-14H,4,9-12H2,1-3H3/p+1/t13-,14-/m1/s1. The molecule has 1 saturated heterocycles. The number of Topliss-reactive ketones (excluding diaryl/α,β-unsaturated/α-hetero) is 1. The zero-order valence-corrected chi connectivity index (χ0v) is 13.2. The Kier molecular flexibility index (Phi) is 5.76. The van der Waals surface area contributed by atoms with Crippen LogP contribution in [0, 0.1) is 0 Å². The average Bonchev–Trinajstić information content (AvgIpc) is 2.43. The molecule has 0 aliphatic carbocycles. The summed E-state index contributed by atoms with van der Waals surface area (Å²) in [4.78, 5) is 12.8. The summed E-state index contributed by atoms with van der Waals surface area (Å²) >= 11 is 0. The molecule has 1 fully saturated rings. The second kappa shape index (κ2) is 7.57. The molecule has 0 bridgehead atoms. The Morgan fingerprint density at radius 3 is 2.43 bits per heavy atom. The van der Waals surface area contributed by atoms with E-state index < -0.39 is 0 Å². The fourth-order valence-electron chi connectivity index (χ4n) is 2.89. The SMILES string of the molecule is CC(=O)c1ccc(OCCC[NH+]2C[C@@H](C)O[C@H](C)C2)cc1. The lowest BCUT2D eigenvalue weighted by Crippen LogP contribution is -3.15. The van der Waals surface area contributed by atoms with Gasteiger partial charge in [0.1, 0.15) is 31.0 Å².